The lowest BCUT2D eigenvalue weighted by molar-refractivity contribution is -0.120. The zero-order valence-corrected chi connectivity index (χ0v) is 22.1. The fourth-order valence-electron chi connectivity index (χ4n) is 4.20. The Hall–Kier alpha value is -1.34. The maximum Gasteiger partial charge on any atom is 0.233 e. The van der Waals surface area contributed by atoms with Crippen molar-refractivity contribution in [2.45, 2.75) is 56.1 Å². The van der Waals surface area contributed by atoms with Crippen LogP contribution in [-0.2, 0) is 10.5 Å². The number of benzene rings is 2. The van der Waals surface area contributed by atoms with Gasteiger partial charge in [0, 0.05) is 39.8 Å². The van der Waals surface area contributed by atoms with Gasteiger partial charge in [-0.3, -0.25) is 9.59 Å². The van der Waals surface area contributed by atoms with Gasteiger partial charge in [0.05, 0.1) is 5.25 Å². The summed E-state index contributed by atoms with van der Waals surface area (Å²) in [7, 11) is 0. The number of carbonyl (C=O) groups excluding carboxylic acids is 2. The van der Waals surface area contributed by atoms with Crippen LogP contribution in [-0.4, -0.2) is 29.5 Å². The number of thioether (sulfide) groups is 1. The standard InChI is InChI=1S/C26H32BrClN2O2S/c1-17(29)20-6-2-18(3-7-20)15-30-26(32)25(33-16-19-4-12-23(28)13-5-19)14-24(31)21-8-10-22(27)11-9-21/h4-5,8-13,17-18,20,25H,2-3,6-7,14-16,29H2,1H3,(H,30,32)/t17-,18?,20?,25?/m0/s1. The topological polar surface area (TPSA) is 72.2 Å². The Kier molecular flexibility index (Phi) is 10.3. The highest BCUT2D eigenvalue weighted by molar-refractivity contribution is 9.10. The maximum atomic E-state index is 13.1. The van der Waals surface area contributed by atoms with Crippen LogP contribution in [0.4, 0.5) is 0 Å². The summed E-state index contributed by atoms with van der Waals surface area (Å²) in [4.78, 5) is 26.0. The third kappa shape index (κ3) is 8.43. The van der Waals surface area contributed by atoms with Crippen LogP contribution in [0.5, 0.6) is 0 Å². The average Bonchev–Trinajstić information content (AvgIpc) is 2.81. The van der Waals surface area contributed by atoms with E-state index >= 15 is 0 Å². The Morgan fingerprint density at radius 1 is 1.09 bits per heavy atom. The molecule has 1 saturated carbocycles. The number of carbonyl (C=O) groups is 2. The molecule has 1 fully saturated rings. The first-order valence-corrected chi connectivity index (χ1v) is 13.7. The van der Waals surface area contributed by atoms with Gasteiger partial charge in [0.1, 0.15) is 0 Å². The molecule has 3 N–H and O–H groups in total. The van der Waals surface area contributed by atoms with Crippen molar-refractivity contribution in [1.29, 1.82) is 0 Å². The fraction of sp³-hybridized carbons (Fsp3) is 0.462. The molecular formula is C26H32BrClN2O2S. The van der Waals surface area contributed by atoms with Crippen molar-refractivity contribution in [3.63, 3.8) is 0 Å². The Morgan fingerprint density at radius 2 is 1.73 bits per heavy atom. The molecular weight excluding hydrogens is 520 g/mol. The van der Waals surface area contributed by atoms with E-state index in [-0.39, 0.29) is 24.2 Å². The summed E-state index contributed by atoms with van der Waals surface area (Å²) in [6.45, 7) is 2.74. The molecule has 1 amide bonds. The third-order valence-electron chi connectivity index (χ3n) is 6.39. The predicted octanol–water partition coefficient (Wildman–Crippen LogP) is 6.25. The summed E-state index contributed by atoms with van der Waals surface area (Å²) < 4.78 is 0.921. The zero-order chi connectivity index (χ0) is 23.8. The number of ketones is 1. The molecule has 0 saturated heterocycles. The molecule has 1 aliphatic carbocycles. The van der Waals surface area contributed by atoms with Crippen LogP contribution >= 0.6 is 39.3 Å². The van der Waals surface area contributed by atoms with Crippen molar-refractivity contribution < 1.29 is 9.59 Å². The van der Waals surface area contributed by atoms with Crippen LogP contribution < -0.4 is 11.1 Å². The number of amides is 1. The van der Waals surface area contributed by atoms with E-state index in [1.165, 1.54) is 11.8 Å². The first kappa shape index (κ1) is 26.3. The second-order valence-corrected chi connectivity index (χ2v) is 11.5. The predicted molar refractivity (Wildman–Crippen MR) is 142 cm³/mol. The van der Waals surface area contributed by atoms with E-state index in [2.05, 4.69) is 28.2 Å². The first-order valence-electron chi connectivity index (χ1n) is 11.5. The number of rotatable bonds is 10. The molecule has 3 rings (SSSR count). The Balaban J connectivity index is 1.59. The smallest absolute Gasteiger partial charge is 0.233 e. The van der Waals surface area contributed by atoms with E-state index in [0.29, 0.717) is 34.7 Å². The van der Waals surface area contributed by atoms with E-state index in [4.69, 9.17) is 17.3 Å². The van der Waals surface area contributed by atoms with Gasteiger partial charge in [-0.2, -0.15) is 0 Å². The minimum atomic E-state index is -0.447. The number of Topliss-reactive ketones (excluding diaryl/α,β-unsaturated/α-hetero) is 1. The summed E-state index contributed by atoms with van der Waals surface area (Å²) in [5.41, 5.74) is 7.75. The van der Waals surface area contributed by atoms with E-state index < -0.39 is 5.25 Å². The SMILES string of the molecule is C[C@H](N)C1CCC(CNC(=O)C(CC(=O)c2ccc(Br)cc2)SCc2ccc(Cl)cc2)CC1. The van der Waals surface area contributed by atoms with Gasteiger partial charge in [-0.05, 0) is 74.3 Å². The molecule has 1 aliphatic rings. The fourth-order valence-corrected chi connectivity index (χ4v) is 5.68. The van der Waals surface area contributed by atoms with Crippen molar-refractivity contribution >= 4 is 51.0 Å². The summed E-state index contributed by atoms with van der Waals surface area (Å²) in [6, 6.07) is 15.1. The lowest BCUT2D eigenvalue weighted by atomic mass is 9.79. The number of hydrogen-bond donors (Lipinski definition) is 2. The van der Waals surface area contributed by atoms with E-state index in [9.17, 15) is 9.59 Å². The normalized spacial score (nSPS) is 20.1. The molecule has 2 aromatic rings. The maximum absolute atomic E-state index is 13.1. The zero-order valence-electron chi connectivity index (χ0n) is 18.9. The molecule has 7 heteroatoms. The lowest BCUT2D eigenvalue weighted by Gasteiger charge is -2.31. The summed E-state index contributed by atoms with van der Waals surface area (Å²) >= 11 is 10.9. The van der Waals surface area contributed by atoms with E-state index in [1.807, 2.05) is 36.4 Å². The largest absolute Gasteiger partial charge is 0.355 e. The van der Waals surface area contributed by atoms with Crippen LogP contribution in [0.2, 0.25) is 5.02 Å². The van der Waals surface area contributed by atoms with Crippen LogP contribution in [0, 0.1) is 11.8 Å². The van der Waals surface area contributed by atoms with Crippen LogP contribution in [0.25, 0.3) is 0 Å². The Labute approximate surface area is 214 Å². The first-order chi connectivity index (χ1) is 15.8. The molecule has 0 spiro atoms. The van der Waals surface area contributed by atoms with Crippen molar-refractivity contribution in [3.05, 3.63) is 69.2 Å². The highest BCUT2D eigenvalue weighted by Crippen LogP contribution is 2.30. The lowest BCUT2D eigenvalue weighted by Crippen LogP contribution is -2.39. The van der Waals surface area contributed by atoms with Gasteiger partial charge >= 0.3 is 0 Å². The molecule has 2 atom stereocenters. The number of hydrogen-bond acceptors (Lipinski definition) is 4. The van der Waals surface area contributed by atoms with E-state index in [0.717, 1.165) is 35.7 Å². The van der Waals surface area contributed by atoms with Crippen molar-refractivity contribution in [2.75, 3.05) is 6.54 Å². The number of nitrogens with two attached hydrogens (primary N) is 1. The summed E-state index contributed by atoms with van der Waals surface area (Å²) in [5, 5.41) is 3.37. The van der Waals surface area contributed by atoms with Gasteiger partial charge in [-0.25, -0.2) is 0 Å². The molecule has 0 radical (unpaired) electrons. The molecule has 178 valence electrons. The molecule has 0 bridgehead atoms. The molecule has 0 aliphatic heterocycles. The third-order valence-corrected chi connectivity index (χ3v) is 8.46. The van der Waals surface area contributed by atoms with Gasteiger partial charge in [-0.1, -0.05) is 51.8 Å². The highest BCUT2D eigenvalue weighted by Gasteiger charge is 2.27. The van der Waals surface area contributed by atoms with Crippen LogP contribution in [0.3, 0.4) is 0 Å². The average molecular weight is 552 g/mol. The van der Waals surface area contributed by atoms with Crippen molar-refractivity contribution in [2.24, 2.45) is 17.6 Å². The van der Waals surface area contributed by atoms with Crippen molar-refractivity contribution in [1.82, 2.24) is 5.32 Å². The molecule has 1 unspecified atom stereocenters. The second-order valence-electron chi connectivity index (χ2n) is 8.95. The minimum absolute atomic E-state index is 0.0244. The molecule has 0 aromatic heterocycles. The van der Waals surface area contributed by atoms with E-state index in [1.54, 1.807) is 12.1 Å². The van der Waals surface area contributed by atoms with Gasteiger partial charge in [-0.15, -0.1) is 11.8 Å². The quantitative estimate of drug-likeness (QED) is 0.343. The molecule has 4 nitrogen and oxygen atoms in total. The number of nitrogens with one attached hydrogen (secondary N) is 1. The molecule has 0 heterocycles. The molecule has 33 heavy (non-hydrogen) atoms. The Morgan fingerprint density at radius 3 is 2.33 bits per heavy atom. The summed E-state index contributed by atoms with van der Waals surface area (Å²) in [5.74, 6) is 1.62. The number of halogens is 2. The van der Waals surface area contributed by atoms with Gasteiger partial charge in [0.15, 0.2) is 5.78 Å². The highest BCUT2D eigenvalue weighted by atomic mass is 79.9. The van der Waals surface area contributed by atoms with Gasteiger partial charge in [0.25, 0.3) is 0 Å². The molecule has 2 aromatic carbocycles. The minimum Gasteiger partial charge on any atom is -0.355 e. The second kappa shape index (κ2) is 12.9. The van der Waals surface area contributed by atoms with Gasteiger partial charge in [0.2, 0.25) is 5.91 Å². The van der Waals surface area contributed by atoms with Crippen LogP contribution in [0.15, 0.2) is 53.0 Å². The van der Waals surface area contributed by atoms with Gasteiger partial charge < -0.3 is 11.1 Å². The Bertz CT molecular complexity index is 913. The monoisotopic (exact) mass is 550 g/mol. The summed E-state index contributed by atoms with van der Waals surface area (Å²) in [6.07, 6.45) is 4.59. The van der Waals surface area contributed by atoms with Crippen LogP contribution in [0.1, 0.15) is 54.9 Å². The van der Waals surface area contributed by atoms with Crippen molar-refractivity contribution in [3.8, 4) is 0 Å².